The molecule has 164 valence electrons. The summed E-state index contributed by atoms with van der Waals surface area (Å²) in [6, 6.07) is 12.1. The SMILES string of the molecule is CN=C(NCc1ccc(OC)c(OC)c1)NCc1ccc(C)cc1OCCCOC. The van der Waals surface area contributed by atoms with Crippen molar-refractivity contribution in [3.8, 4) is 17.2 Å². The van der Waals surface area contributed by atoms with E-state index in [4.69, 9.17) is 18.9 Å². The zero-order chi connectivity index (χ0) is 21.8. The van der Waals surface area contributed by atoms with Crippen LogP contribution >= 0.6 is 0 Å². The number of nitrogens with zero attached hydrogens (tertiary/aromatic N) is 1. The third kappa shape index (κ3) is 7.15. The quantitative estimate of drug-likeness (QED) is 0.333. The third-order valence-corrected chi connectivity index (χ3v) is 4.55. The minimum Gasteiger partial charge on any atom is -0.493 e. The lowest BCUT2D eigenvalue weighted by Gasteiger charge is -2.16. The van der Waals surface area contributed by atoms with Crippen LogP contribution in [0.1, 0.15) is 23.1 Å². The number of ether oxygens (including phenoxy) is 4. The monoisotopic (exact) mass is 415 g/mol. The summed E-state index contributed by atoms with van der Waals surface area (Å²) >= 11 is 0. The first-order valence-corrected chi connectivity index (χ1v) is 9.98. The highest BCUT2D eigenvalue weighted by atomic mass is 16.5. The largest absolute Gasteiger partial charge is 0.493 e. The molecule has 0 saturated carbocycles. The second kappa shape index (κ2) is 12.6. The topological polar surface area (TPSA) is 73.3 Å². The van der Waals surface area contributed by atoms with Crippen LogP contribution in [-0.2, 0) is 17.8 Å². The molecule has 2 aromatic carbocycles. The Bertz CT molecular complexity index is 824. The molecule has 7 nitrogen and oxygen atoms in total. The zero-order valence-electron chi connectivity index (χ0n) is 18.6. The maximum absolute atomic E-state index is 5.96. The molecule has 7 heteroatoms. The summed E-state index contributed by atoms with van der Waals surface area (Å²) in [6.07, 6.45) is 0.853. The van der Waals surface area contributed by atoms with Crippen LogP contribution in [0.15, 0.2) is 41.4 Å². The van der Waals surface area contributed by atoms with E-state index in [1.165, 1.54) is 0 Å². The van der Waals surface area contributed by atoms with Gasteiger partial charge in [0.25, 0.3) is 0 Å². The first-order chi connectivity index (χ1) is 14.6. The molecule has 0 fully saturated rings. The van der Waals surface area contributed by atoms with Gasteiger partial charge in [0.1, 0.15) is 5.75 Å². The maximum Gasteiger partial charge on any atom is 0.191 e. The Morgan fingerprint density at radius 2 is 1.63 bits per heavy atom. The number of hydrogen-bond acceptors (Lipinski definition) is 5. The van der Waals surface area contributed by atoms with Crippen LogP contribution in [0.4, 0.5) is 0 Å². The lowest BCUT2D eigenvalue weighted by Crippen LogP contribution is -2.36. The molecular weight excluding hydrogens is 382 g/mol. The minimum atomic E-state index is 0.603. The number of benzene rings is 2. The summed E-state index contributed by atoms with van der Waals surface area (Å²) in [7, 11) is 6.71. The van der Waals surface area contributed by atoms with Gasteiger partial charge in [-0.2, -0.15) is 0 Å². The van der Waals surface area contributed by atoms with Crippen molar-refractivity contribution in [2.24, 2.45) is 4.99 Å². The molecule has 0 aliphatic rings. The van der Waals surface area contributed by atoms with Gasteiger partial charge in [-0.05, 0) is 36.2 Å². The van der Waals surface area contributed by atoms with Crippen molar-refractivity contribution in [2.75, 3.05) is 41.6 Å². The molecule has 30 heavy (non-hydrogen) atoms. The lowest BCUT2D eigenvalue weighted by molar-refractivity contribution is 0.171. The van der Waals surface area contributed by atoms with Gasteiger partial charge in [0.15, 0.2) is 17.5 Å². The molecule has 2 aromatic rings. The van der Waals surface area contributed by atoms with Crippen LogP contribution in [-0.4, -0.2) is 47.6 Å². The average Bonchev–Trinajstić information content (AvgIpc) is 2.77. The molecule has 0 spiro atoms. The van der Waals surface area contributed by atoms with Gasteiger partial charge in [0.05, 0.1) is 20.8 Å². The van der Waals surface area contributed by atoms with Crippen molar-refractivity contribution in [2.45, 2.75) is 26.4 Å². The first-order valence-electron chi connectivity index (χ1n) is 9.98. The molecule has 0 aliphatic carbocycles. The van der Waals surface area contributed by atoms with Crippen molar-refractivity contribution in [3.05, 3.63) is 53.1 Å². The van der Waals surface area contributed by atoms with Crippen molar-refractivity contribution in [1.82, 2.24) is 10.6 Å². The van der Waals surface area contributed by atoms with Crippen molar-refractivity contribution < 1.29 is 18.9 Å². The Labute approximate surface area is 179 Å². The van der Waals surface area contributed by atoms with Gasteiger partial charge in [-0.1, -0.05) is 18.2 Å². The molecule has 0 unspecified atom stereocenters. The summed E-state index contributed by atoms with van der Waals surface area (Å²) in [5.74, 6) is 3.00. The Morgan fingerprint density at radius 3 is 2.33 bits per heavy atom. The van der Waals surface area contributed by atoms with Gasteiger partial charge in [0.2, 0.25) is 0 Å². The molecule has 0 bridgehead atoms. The van der Waals surface area contributed by atoms with Crippen LogP contribution < -0.4 is 24.8 Å². The molecule has 0 heterocycles. The summed E-state index contributed by atoms with van der Waals surface area (Å²) in [5, 5.41) is 6.67. The van der Waals surface area contributed by atoms with E-state index in [0.29, 0.717) is 43.8 Å². The molecule has 2 N–H and O–H groups in total. The van der Waals surface area contributed by atoms with E-state index in [9.17, 15) is 0 Å². The second-order valence-corrected chi connectivity index (χ2v) is 6.77. The molecule has 0 amide bonds. The first kappa shape index (κ1) is 23.3. The van der Waals surface area contributed by atoms with E-state index in [0.717, 1.165) is 28.9 Å². The number of aliphatic imine (C=N–C) groups is 1. The van der Waals surface area contributed by atoms with Gasteiger partial charge in [0, 0.05) is 45.8 Å². The molecule has 0 aromatic heterocycles. The van der Waals surface area contributed by atoms with E-state index >= 15 is 0 Å². The summed E-state index contributed by atoms with van der Waals surface area (Å²) in [5.41, 5.74) is 3.30. The molecular formula is C23H33N3O4. The van der Waals surface area contributed by atoms with Gasteiger partial charge in [-0.15, -0.1) is 0 Å². The van der Waals surface area contributed by atoms with Gasteiger partial charge >= 0.3 is 0 Å². The summed E-state index contributed by atoms with van der Waals surface area (Å²) in [6.45, 7) is 4.57. The fourth-order valence-corrected chi connectivity index (χ4v) is 2.90. The summed E-state index contributed by atoms with van der Waals surface area (Å²) in [4.78, 5) is 4.31. The Hall–Kier alpha value is -2.93. The number of rotatable bonds is 11. The fraction of sp³-hybridized carbons (Fsp3) is 0.435. The highest BCUT2D eigenvalue weighted by Crippen LogP contribution is 2.27. The van der Waals surface area contributed by atoms with Crippen LogP contribution in [0.5, 0.6) is 17.2 Å². The standard InChI is InChI=1S/C23H33N3O4/c1-17-7-9-19(21(13-17)30-12-6-11-27-3)16-26-23(24-2)25-15-18-8-10-20(28-4)22(14-18)29-5/h7-10,13-14H,6,11-12,15-16H2,1-5H3,(H2,24,25,26). The number of aryl methyl sites for hydroxylation is 1. The van der Waals surface area contributed by atoms with Crippen LogP contribution in [0.2, 0.25) is 0 Å². The van der Waals surface area contributed by atoms with Gasteiger partial charge < -0.3 is 29.6 Å². The molecule has 0 aliphatic heterocycles. The fourth-order valence-electron chi connectivity index (χ4n) is 2.90. The molecule has 0 saturated heterocycles. The molecule has 0 atom stereocenters. The Kier molecular flexibility index (Phi) is 9.80. The van der Waals surface area contributed by atoms with Crippen molar-refractivity contribution in [3.63, 3.8) is 0 Å². The predicted octanol–water partition coefficient (Wildman–Crippen LogP) is 3.29. The normalized spacial score (nSPS) is 11.2. The lowest BCUT2D eigenvalue weighted by atomic mass is 10.1. The van der Waals surface area contributed by atoms with Crippen LogP contribution in [0, 0.1) is 6.92 Å². The average molecular weight is 416 g/mol. The molecule has 2 rings (SSSR count). The number of methoxy groups -OCH3 is 3. The van der Waals surface area contributed by atoms with E-state index < -0.39 is 0 Å². The van der Waals surface area contributed by atoms with E-state index in [-0.39, 0.29) is 0 Å². The van der Waals surface area contributed by atoms with Crippen molar-refractivity contribution >= 4 is 5.96 Å². The van der Waals surface area contributed by atoms with E-state index in [1.54, 1.807) is 28.4 Å². The van der Waals surface area contributed by atoms with E-state index in [2.05, 4.69) is 40.7 Å². The zero-order valence-corrected chi connectivity index (χ0v) is 18.6. The minimum absolute atomic E-state index is 0.603. The van der Waals surface area contributed by atoms with E-state index in [1.807, 2.05) is 18.2 Å². The van der Waals surface area contributed by atoms with Crippen LogP contribution in [0.3, 0.4) is 0 Å². The van der Waals surface area contributed by atoms with Gasteiger partial charge in [-0.3, -0.25) is 4.99 Å². The van der Waals surface area contributed by atoms with Crippen LogP contribution in [0.25, 0.3) is 0 Å². The predicted molar refractivity (Wildman–Crippen MR) is 120 cm³/mol. The third-order valence-electron chi connectivity index (χ3n) is 4.55. The smallest absolute Gasteiger partial charge is 0.191 e. The highest BCUT2D eigenvalue weighted by molar-refractivity contribution is 5.79. The number of hydrogen-bond donors (Lipinski definition) is 2. The number of nitrogens with one attached hydrogen (secondary N) is 2. The maximum atomic E-state index is 5.96. The second-order valence-electron chi connectivity index (χ2n) is 6.77. The number of guanidine groups is 1. The Balaban J connectivity index is 1.94. The highest BCUT2D eigenvalue weighted by Gasteiger charge is 2.08. The summed E-state index contributed by atoms with van der Waals surface area (Å²) < 4.78 is 21.7. The van der Waals surface area contributed by atoms with Gasteiger partial charge in [-0.25, -0.2) is 0 Å². The Morgan fingerprint density at radius 1 is 0.867 bits per heavy atom. The molecule has 0 radical (unpaired) electrons. The van der Waals surface area contributed by atoms with Crippen molar-refractivity contribution in [1.29, 1.82) is 0 Å².